The van der Waals surface area contributed by atoms with Crippen LogP contribution >= 0.6 is 0 Å². The van der Waals surface area contributed by atoms with Crippen molar-refractivity contribution in [2.24, 2.45) is 0 Å². The number of rotatable bonds is 5. The minimum absolute atomic E-state index is 0.492. The van der Waals surface area contributed by atoms with Crippen LogP contribution in [-0.4, -0.2) is 24.1 Å². The molecule has 0 rings (SSSR count). The molecule has 0 aromatic rings. The molecule has 0 radical (unpaired) electrons. The van der Waals surface area contributed by atoms with Gasteiger partial charge in [0.2, 0.25) is 0 Å². The molecule has 0 saturated carbocycles. The van der Waals surface area contributed by atoms with Gasteiger partial charge in [-0.2, -0.15) is 0 Å². The van der Waals surface area contributed by atoms with Crippen LogP contribution in [0.5, 0.6) is 0 Å². The van der Waals surface area contributed by atoms with Crippen LogP contribution in [0.3, 0.4) is 0 Å². The van der Waals surface area contributed by atoms with Gasteiger partial charge < -0.3 is 9.47 Å². The van der Waals surface area contributed by atoms with E-state index in [-0.39, 0.29) is 0 Å². The Morgan fingerprint density at radius 2 is 1.52 bits per heavy atom. The van der Waals surface area contributed by atoms with E-state index in [1.807, 2.05) is 6.92 Å². The van der Waals surface area contributed by atoms with E-state index in [2.05, 4.69) is 30.3 Å². The molecule has 0 aliphatic heterocycles. The molecular weight excluding hydrogens is 268 g/mol. The molecule has 110 valence electrons. The molecule has 0 bridgehead atoms. The summed E-state index contributed by atoms with van der Waals surface area (Å²) < 4.78 is 10.1. The summed E-state index contributed by atoms with van der Waals surface area (Å²) >= 11 is 0. The molecular formula is C17H18O4. The average molecular weight is 286 g/mol. The molecule has 4 nitrogen and oxygen atoms in total. The largest absolute Gasteiger partial charge is 0.454 e. The van der Waals surface area contributed by atoms with E-state index in [1.54, 1.807) is 12.2 Å². The Morgan fingerprint density at radius 1 is 1.00 bits per heavy atom. The second-order valence-electron chi connectivity index (χ2n) is 3.78. The monoisotopic (exact) mass is 286 g/mol. The Morgan fingerprint density at radius 3 is 2.00 bits per heavy atom. The van der Waals surface area contributed by atoms with Crippen LogP contribution in [0.15, 0.2) is 37.0 Å². The summed E-state index contributed by atoms with van der Waals surface area (Å²) in [7, 11) is 0. The van der Waals surface area contributed by atoms with Crippen LogP contribution < -0.4 is 0 Å². The Hall–Kier alpha value is -2.72. The Kier molecular flexibility index (Phi) is 9.69. The number of ether oxygens (including phenoxy) is 2. The van der Waals surface area contributed by atoms with Crippen molar-refractivity contribution in [1.82, 2.24) is 0 Å². The Labute approximate surface area is 125 Å². The van der Waals surface area contributed by atoms with Gasteiger partial charge in [-0.05, 0) is 43.1 Å². The SMILES string of the molecule is C=C[C@H](OC(C)=O)[C@H](/C=C/C#CC#C/C=C/C)OC(C)=O. The van der Waals surface area contributed by atoms with Crippen molar-refractivity contribution in [3.8, 4) is 23.7 Å². The van der Waals surface area contributed by atoms with Gasteiger partial charge in [0, 0.05) is 13.8 Å². The van der Waals surface area contributed by atoms with Crippen molar-refractivity contribution in [1.29, 1.82) is 0 Å². The van der Waals surface area contributed by atoms with E-state index in [0.29, 0.717) is 0 Å². The van der Waals surface area contributed by atoms with E-state index in [1.165, 1.54) is 32.1 Å². The lowest BCUT2D eigenvalue weighted by Gasteiger charge is -2.20. The van der Waals surface area contributed by atoms with Gasteiger partial charge in [0.25, 0.3) is 0 Å². The van der Waals surface area contributed by atoms with Crippen molar-refractivity contribution in [2.75, 3.05) is 0 Å². The Balaban J connectivity index is 4.91. The smallest absolute Gasteiger partial charge is 0.303 e. The molecule has 0 N–H and O–H groups in total. The maximum atomic E-state index is 11.1. The van der Waals surface area contributed by atoms with Crippen molar-refractivity contribution < 1.29 is 19.1 Å². The fourth-order valence-electron chi connectivity index (χ4n) is 1.23. The zero-order chi connectivity index (χ0) is 16.1. The number of hydrogen-bond donors (Lipinski definition) is 0. The van der Waals surface area contributed by atoms with E-state index >= 15 is 0 Å². The van der Waals surface area contributed by atoms with Gasteiger partial charge in [0.15, 0.2) is 12.2 Å². The highest BCUT2D eigenvalue weighted by Crippen LogP contribution is 2.08. The second kappa shape index (κ2) is 11.1. The molecule has 4 heteroatoms. The first kappa shape index (κ1) is 18.3. The van der Waals surface area contributed by atoms with Crippen LogP contribution in [0.25, 0.3) is 0 Å². The standard InChI is InChI=1S/C17H18O4/c1-5-7-8-9-10-11-12-13-17(21-15(4)19)16(6-2)20-14(3)18/h5-7,12-13,16-17H,2H2,1,3-4H3/b7-5+,13-12+/t16-,17-/m0/s1. The van der Waals surface area contributed by atoms with Crippen LogP contribution in [0.1, 0.15) is 20.8 Å². The van der Waals surface area contributed by atoms with Gasteiger partial charge in [0.05, 0.1) is 0 Å². The number of carbonyl (C=O) groups excluding carboxylic acids is 2. The minimum Gasteiger partial charge on any atom is -0.454 e. The first-order valence-electron chi connectivity index (χ1n) is 6.27. The quantitative estimate of drug-likeness (QED) is 0.441. The van der Waals surface area contributed by atoms with Crippen molar-refractivity contribution in [2.45, 2.75) is 33.0 Å². The third-order valence-electron chi connectivity index (χ3n) is 1.99. The van der Waals surface area contributed by atoms with Crippen LogP contribution in [0, 0.1) is 23.7 Å². The Bertz CT molecular complexity index is 547. The average Bonchev–Trinajstić information content (AvgIpc) is 2.42. The molecule has 0 aromatic carbocycles. The maximum absolute atomic E-state index is 11.1. The normalized spacial score (nSPS) is 12.5. The van der Waals surface area contributed by atoms with Gasteiger partial charge in [-0.25, -0.2) is 0 Å². The maximum Gasteiger partial charge on any atom is 0.303 e. The van der Waals surface area contributed by atoms with E-state index in [0.717, 1.165) is 0 Å². The summed E-state index contributed by atoms with van der Waals surface area (Å²) in [5, 5.41) is 0. The van der Waals surface area contributed by atoms with Crippen molar-refractivity contribution >= 4 is 11.9 Å². The number of allylic oxidation sites excluding steroid dienone is 3. The first-order chi connectivity index (χ1) is 10.0. The first-order valence-corrected chi connectivity index (χ1v) is 6.27. The highest BCUT2D eigenvalue weighted by atomic mass is 16.6. The molecule has 0 fully saturated rings. The highest BCUT2D eigenvalue weighted by molar-refractivity contribution is 5.67. The third kappa shape index (κ3) is 9.81. The highest BCUT2D eigenvalue weighted by Gasteiger charge is 2.21. The summed E-state index contributed by atoms with van der Waals surface area (Å²) in [4.78, 5) is 22.1. The molecule has 0 heterocycles. The lowest BCUT2D eigenvalue weighted by atomic mass is 10.2. The lowest BCUT2D eigenvalue weighted by Crippen LogP contribution is -2.31. The van der Waals surface area contributed by atoms with Crippen molar-refractivity contribution in [3.05, 3.63) is 37.0 Å². The molecule has 0 unspecified atom stereocenters. The molecule has 21 heavy (non-hydrogen) atoms. The van der Waals surface area contributed by atoms with Crippen molar-refractivity contribution in [3.63, 3.8) is 0 Å². The van der Waals surface area contributed by atoms with E-state index in [9.17, 15) is 9.59 Å². The summed E-state index contributed by atoms with van der Waals surface area (Å²) in [5.74, 6) is 9.61. The molecule has 0 aliphatic carbocycles. The number of hydrogen-bond acceptors (Lipinski definition) is 4. The predicted octanol–water partition coefficient (Wildman–Crippen LogP) is 2.17. The van der Waals surface area contributed by atoms with Gasteiger partial charge in [0.1, 0.15) is 0 Å². The van der Waals surface area contributed by atoms with Gasteiger partial charge in [-0.3, -0.25) is 9.59 Å². The topological polar surface area (TPSA) is 52.6 Å². The molecule has 2 atom stereocenters. The van der Waals surface area contributed by atoms with Gasteiger partial charge in [-0.15, -0.1) is 0 Å². The molecule has 0 aromatic heterocycles. The van der Waals surface area contributed by atoms with Crippen LogP contribution in [0.4, 0.5) is 0 Å². The van der Waals surface area contributed by atoms with E-state index in [4.69, 9.17) is 9.47 Å². The molecule has 0 saturated heterocycles. The fourth-order valence-corrected chi connectivity index (χ4v) is 1.23. The summed E-state index contributed by atoms with van der Waals surface area (Å²) in [6.07, 6.45) is 6.32. The number of carbonyl (C=O) groups is 2. The van der Waals surface area contributed by atoms with Crippen LogP contribution in [0.2, 0.25) is 0 Å². The molecule has 0 aliphatic rings. The second-order valence-corrected chi connectivity index (χ2v) is 3.78. The van der Waals surface area contributed by atoms with Gasteiger partial charge >= 0.3 is 11.9 Å². The predicted molar refractivity (Wildman–Crippen MR) is 80.8 cm³/mol. The zero-order valence-electron chi connectivity index (χ0n) is 12.4. The third-order valence-corrected chi connectivity index (χ3v) is 1.99. The minimum atomic E-state index is -0.776. The lowest BCUT2D eigenvalue weighted by molar-refractivity contribution is -0.158. The van der Waals surface area contributed by atoms with E-state index < -0.39 is 24.1 Å². The van der Waals surface area contributed by atoms with Crippen LogP contribution in [-0.2, 0) is 19.1 Å². The van der Waals surface area contributed by atoms with Gasteiger partial charge in [-0.1, -0.05) is 24.5 Å². The fraction of sp³-hybridized carbons (Fsp3) is 0.294. The zero-order valence-corrected chi connectivity index (χ0v) is 12.4. The molecule has 0 amide bonds. The summed E-state index contributed by atoms with van der Waals surface area (Å²) in [6.45, 7) is 7.94. The number of esters is 2. The summed E-state index contributed by atoms with van der Waals surface area (Å²) in [5.41, 5.74) is 0. The molecule has 0 spiro atoms. The summed E-state index contributed by atoms with van der Waals surface area (Å²) in [6, 6.07) is 0.